The van der Waals surface area contributed by atoms with E-state index in [0.717, 1.165) is 5.69 Å². The van der Waals surface area contributed by atoms with E-state index in [1.807, 2.05) is 13.8 Å². The lowest BCUT2D eigenvalue weighted by atomic mass is 10.1. The van der Waals surface area contributed by atoms with Crippen molar-refractivity contribution in [1.29, 1.82) is 0 Å². The van der Waals surface area contributed by atoms with Crippen molar-refractivity contribution in [2.45, 2.75) is 26.7 Å². The molecule has 1 rings (SSSR count). The van der Waals surface area contributed by atoms with Gasteiger partial charge in [0.05, 0.1) is 12.2 Å². The van der Waals surface area contributed by atoms with E-state index in [2.05, 4.69) is 9.97 Å². The van der Waals surface area contributed by atoms with Gasteiger partial charge in [-0.2, -0.15) is 0 Å². The molecule has 5 heteroatoms. The molecule has 0 aromatic carbocycles. The van der Waals surface area contributed by atoms with Crippen molar-refractivity contribution in [3.05, 3.63) is 22.2 Å². The molecule has 1 heterocycles. The average molecular weight is 226 g/mol. The predicted octanol–water partition coefficient (Wildman–Crippen LogP) is 2.44. The van der Waals surface area contributed by atoms with Gasteiger partial charge in [-0.05, 0) is 25.1 Å². The van der Waals surface area contributed by atoms with Gasteiger partial charge < -0.3 is 9.72 Å². The van der Waals surface area contributed by atoms with E-state index in [0.29, 0.717) is 16.9 Å². The van der Waals surface area contributed by atoms with Crippen molar-refractivity contribution in [3.8, 4) is 0 Å². The summed E-state index contributed by atoms with van der Waals surface area (Å²) < 4.78 is 5.31. The maximum Gasteiger partial charge on any atom is 0.341 e. The number of ether oxygens (including phenoxy) is 1. The van der Waals surface area contributed by atoms with Gasteiger partial charge in [0.25, 0.3) is 0 Å². The number of nitrogens with zero attached hydrogens (tertiary/aromatic N) is 1. The van der Waals surface area contributed by atoms with E-state index in [1.54, 1.807) is 6.92 Å². The zero-order chi connectivity index (χ0) is 11.4. The van der Waals surface area contributed by atoms with E-state index >= 15 is 0 Å². The van der Waals surface area contributed by atoms with Gasteiger partial charge in [-0.1, -0.05) is 13.8 Å². The highest BCUT2D eigenvalue weighted by Gasteiger charge is 2.15. The summed E-state index contributed by atoms with van der Waals surface area (Å²) >= 11 is 4.91. The zero-order valence-corrected chi connectivity index (χ0v) is 9.85. The molecule has 0 amide bonds. The highest BCUT2D eigenvalue weighted by Crippen LogP contribution is 2.16. The molecule has 1 aromatic heterocycles. The van der Waals surface area contributed by atoms with Crippen molar-refractivity contribution in [2.75, 3.05) is 6.61 Å². The van der Waals surface area contributed by atoms with Crippen molar-refractivity contribution in [3.63, 3.8) is 0 Å². The van der Waals surface area contributed by atoms with E-state index in [-0.39, 0.29) is 11.9 Å². The normalized spacial score (nSPS) is 10.4. The number of nitrogens with one attached hydrogen (secondary N) is 1. The Morgan fingerprint density at radius 2 is 2.33 bits per heavy atom. The summed E-state index contributed by atoms with van der Waals surface area (Å²) in [4.78, 5) is 18.4. The first-order valence-corrected chi connectivity index (χ1v) is 5.23. The first-order chi connectivity index (χ1) is 7.06. The quantitative estimate of drug-likeness (QED) is 0.635. The fourth-order valence-electron chi connectivity index (χ4n) is 1.23. The van der Waals surface area contributed by atoms with E-state index in [1.165, 1.54) is 6.20 Å². The Morgan fingerprint density at radius 1 is 1.67 bits per heavy atom. The number of hydrogen-bond acceptors (Lipinski definition) is 4. The average Bonchev–Trinajstić information content (AvgIpc) is 2.17. The van der Waals surface area contributed by atoms with Crippen LogP contribution < -0.4 is 0 Å². The summed E-state index contributed by atoms with van der Waals surface area (Å²) in [6.07, 6.45) is 1.46. The Morgan fingerprint density at radius 3 is 2.87 bits per heavy atom. The van der Waals surface area contributed by atoms with Gasteiger partial charge in [0.15, 0.2) is 4.77 Å². The molecule has 0 unspecified atom stereocenters. The molecule has 15 heavy (non-hydrogen) atoms. The summed E-state index contributed by atoms with van der Waals surface area (Å²) in [5.74, 6) is -0.186. The summed E-state index contributed by atoms with van der Waals surface area (Å²) in [5, 5.41) is 0. The number of carbonyl (C=O) groups is 1. The second-order valence-corrected chi connectivity index (χ2v) is 3.78. The number of esters is 1. The minimum atomic E-state index is -0.361. The van der Waals surface area contributed by atoms with Crippen LogP contribution in [0.5, 0.6) is 0 Å². The van der Waals surface area contributed by atoms with Gasteiger partial charge in [-0.3, -0.25) is 0 Å². The minimum Gasteiger partial charge on any atom is -0.462 e. The Balaban J connectivity index is 3.17. The van der Waals surface area contributed by atoms with Crippen LogP contribution in [0.4, 0.5) is 0 Å². The number of aromatic nitrogens is 2. The fraction of sp³-hybridized carbons (Fsp3) is 0.500. The Labute approximate surface area is 93.7 Å². The molecule has 0 radical (unpaired) electrons. The topological polar surface area (TPSA) is 55.0 Å². The smallest absolute Gasteiger partial charge is 0.341 e. The van der Waals surface area contributed by atoms with Crippen molar-refractivity contribution >= 4 is 18.2 Å². The minimum absolute atomic E-state index is 0.175. The lowest BCUT2D eigenvalue weighted by Crippen LogP contribution is -2.11. The van der Waals surface area contributed by atoms with E-state index in [9.17, 15) is 4.79 Å². The zero-order valence-electron chi connectivity index (χ0n) is 9.03. The van der Waals surface area contributed by atoms with Crippen LogP contribution >= 0.6 is 12.2 Å². The van der Waals surface area contributed by atoms with Crippen molar-refractivity contribution in [2.24, 2.45) is 0 Å². The number of carbonyl (C=O) groups excluding carboxylic acids is 1. The third kappa shape index (κ3) is 2.86. The maximum absolute atomic E-state index is 11.6. The van der Waals surface area contributed by atoms with Crippen LogP contribution in [-0.4, -0.2) is 22.5 Å². The Bertz CT molecular complexity index is 412. The largest absolute Gasteiger partial charge is 0.462 e. The highest BCUT2D eigenvalue weighted by molar-refractivity contribution is 7.71. The SMILES string of the molecule is CCOC(=O)c1cnc(=S)[nH]c1C(C)C. The van der Waals surface area contributed by atoms with Crippen LogP contribution in [0.3, 0.4) is 0 Å². The van der Waals surface area contributed by atoms with Crippen LogP contribution in [0.25, 0.3) is 0 Å². The first kappa shape index (κ1) is 11.8. The summed E-state index contributed by atoms with van der Waals surface area (Å²) in [6.45, 7) is 6.07. The standard InChI is InChI=1S/C10H14N2O2S/c1-4-14-9(13)7-5-11-10(15)12-8(7)6(2)3/h5-6H,4H2,1-3H3,(H,11,12,15). The second-order valence-electron chi connectivity index (χ2n) is 3.39. The molecule has 4 nitrogen and oxygen atoms in total. The first-order valence-electron chi connectivity index (χ1n) is 4.82. The molecule has 0 saturated heterocycles. The Hall–Kier alpha value is -1.23. The lowest BCUT2D eigenvalue weighted by Gasteiger charge is -2.10. The molecule has 0 atom stereocenters. The molecule has 0 bridgehead atoms. The molecule has 0 spiro atoms. The van der Waals surface area contributed by atoms with E-state index < -0.39 is 0 Å². The van der Waals surface area contributed by atoms with Crippen LogP contribution in [0.1, 0.15) is 42.7 Å². The van der Waals surface area contributed by atoms with Gasteiger partial charge in [0.1, 0.15) is 0 Å². The van der Waals surface area contributed by atoms with E-state index in [4.69, 9.17) is 17.0 Å². The third-order valence-corrected chi connectivity index (χ3v) is 2.12. The highest BCUT2D eigenvalue weighted by atomic mass is 32.1. The second kappa shape index (κ2) is 5.02. The number of hydrogen-bond donors (Lipinski definition) is 1. The number of aromatic amines is 1. The molecular weight excluding hydrogens is 212 g/mol. The number of H-pyrrole nitrogens is 1. The van der Waals surface area contributed by atoms with Crippen LogP contribution in [0, 0.1) is 4.77 Å². The molecule has 82 valence electrons. The van der Waals surface area contributed by atoms with Crippen LogP contribution in [0.15, 0.2) is 6.20 Å². The lowest BCUT2D eigenvalue weighted by molar-refractivity contribution is 0.0523. The van der Waals surface area contributed by atoms with Crippen LogP contribution in [0.2, 0.25) is 0 Å². The number of rotatable bonds is 3. The molecular formula is C10H14N2O2S. The van der Waals surface area contributed by atoms with Gasteiger partial charge in [-0.15, -0.1) is 0 Å². The summed E-state index contributed by atoms with van der Waals surface area (Å²) in [6, 6.07) is 0. The van der Waals surface area contributed by atoms with Crippen LogP contribution in [-0.2, 0) is 4.74 Å². The van der Waals surface area contributed by atoms with Gasteiger partial charge in [-0.25, -0.2) is 9.78 Å². The maximum atomic E-state index is 11.6. The predicted molar refractivity (Wildman–Crippen MR) is 59.5 cm³/mol. The fourth-order valence-corrected chi connectivity index (χ4v) is 1.40. The molecule has 0 saturated carbocycles. The Kier molecular flexibility index (Phi) is 3.96. The molecule has 0 aliphatic heterocycles. The molecule has 1 aromatic rings. The molecule has 0 aliphatic rings. The molecule has 0 fully saturated rings. The molecule has 1 N–H and O–H groups in total. The monoisotopic (exact) mass is 226 g/mol. The van der Waals surface area contributed by atoms with Crippen molar-refractivity contribution < 1.29 is 9.53 Å². The van der Waals surface area contributed by atoms with Gasteiger partial charge in [0, 0.05) is 11.9 Å². The van der Waals surface area contributed by atoms with Gasteiger partial charge >= 0.3 is 5.97 Å². The van der Waals surface area contributed by atoms with Gasteiger partial charge in [0.2, 0.25) is 0 Å². The third-order valence-electron chi connectivity index (χ3n) is 1.92. The summed E-state index contributed by atoms with van der Waals surface area (Å²) in [5.41, 5.74) is 1.23. The summed E-state index contributed by atoms with van der Waals surface area (Å²) in [7, 11) is 0. The van der Waals surface area contributed by atoms with Crippen molar-refractivity contribution in [1.82, 2.24) is 9.97 Å². The molecule has 0 aliphatic carbocycles.